The average molecular weight is 728 g/mol. The van der Waals surface area contributed by atoms with Crippen molar-refractivity contribution in [2.45, 2.75) is 0 Å². The molecule has 8 aromatic carbocycles. The molecule has 0 aliphatic heterocycles. The maximum Gasteiger partial charge on any atom is 0.160 e. The lowest BCUT2D eigenvalue weighted by molar-refractivity contribution is 0.670. The summed E-state index contributed by atoms with van der Waals surface area (Å²) in [4.78, 5) is 16.0. The summed E-state index contributed by atoms with van der Waals surface area (Å²) >= 11 is 0. The number of nitrogens with zero attached hydrogens (tertiary/aromatic N) is 3. The Kier molecular flexibility index (Phi) is 7.78. The van der Waals surface area contributed by atoms with Gasteiger partial charge < -0.3 is 4.42 Å². The minimum atomic E-state index is 0.658. The molecule has 4 heteroatoms. The topological polar surface area (TPSA) is 51.8 Å². The van der Waals surface area contributed by atoms with Crippen molar-refractivity contribution in [3.63, 3.8) is 0 Å². The summed E-state index contributed by atoms with van der Waals surface area (Å²) < 4.78 is 6.39. The number of para-hydroxylation sites is 3. The lowest BCUT2D eigenvalue weighted by atomic mass is 9.91. The van der Waals surface area contributed by atoms with Gasteiger partial charge in [0.1, 0.15) is 11.2 Å². The first-order valence-corrected chi connectivity index (χ1v) is 19.2. The standard InChI is InChI=1S/C53H33N3O/c1-4-15-34(16-5-1)39-22-12-26-44-49(39)45-27-14-25-43(51(45)56-50(44)37-17-6-2-7-18-37)47-33-46(54-53(55-47)38-19-8-3-9-20-38)36-31-29-35(30-32-36)40-23-13-24-42-41-21-10-11-28-48(41)57-52(40)42/h1-33H. The summed E-state index contributed by atoms with van der Waals surface area (Å²) in [6.45, 7) is 0. The number of aromatic nitrogens is 3. The summed E-state index contributed by atoms with van der Waals surface area (Å²) in [5, 5.41) is 5.59. The van der Waals surface area contributed by atoms with Crippen LogP contribution in [0.3, 0.4) is 0 Å². The van der Waals surface area contributed by atoms with Crippen LogP contribution in [0, 0.1) is 0 Å². The molecule has 4 nitrogen and oxygen atoms in total. The quantitative estimate of drug-likeness (QED) is 0.160. The predicted molar refractivity (Wildman–Crippen MR) is 235 cm³/mol. The summed E-state index contributed by atoms with van der Waals surface area (Å²) in [5.74, 6) is 0.658. The van der Waals surface area contributed by atoms with Crippen LogP contribution in [0.1, 0.15) is 0 Å². The highest BCUT2D eigenvalue weighted by molar-refractivity contribution is 6.19. The Labute approximate surface area is 329 Å². The fourth-order valence-corrected chi connectivity index (χ4v) is 8.20. The van der Waals surface area contributed by atoms with Gasteiger partial charge in [-0.1, -0.05) is 188 Å². The molecule has 266 valence electrons. The number of benzene rings is 8. The molecule has 0 saturated carbocycles. The van der Waals surface area contributed by atoms with E-state index in [4.69, 9.17) is 19.4 Å². The highest BCUT2D eigenvalue weighted by Crippen LogP contribution is 2.42. The molecule has 0 amide bonds. The number of pyridine rings is 1. The maximum atomic E-state index is 6.39. The van der Waals surface area contributed by atoms with E-state index in [1.54, 1.807) is 0 Å². The van der Waals surface area contributed by atoms with Crippen LogP contribution in [0.15, 0.2) is 205 Å². The van der Waals surface area contributed by atoms with E-state index in [0.29, 0.717) is 5.82 Å². The predicted octanol–water partition coefficient (Wildman–Crippen LogP) is 14.1. The normalized spacial score (nSPS) is 11.5. The van der Waals surface area contributed by atoms with Gasteiger partial charge >= 0.3 is 0 Å². The van der Waals surface area contributed by atoms with Gasteiger partial charge in [-0.2, -0.15) is 0 Å². The Morgan fingerprint density at radius 2 is 0.877 bits per heavy atom. The minimum absolute atomic E-state index is 0.658. The van der Waals surface area contributed by atoms with Crippen molar-refractivity contribution in [2.75, 3.05) is 0 Å². The molecule has 0 aliphatic rings. The highest BCUT2D eigenvalue weighted by atomic mass is 16.3. The van der Waals surface area contributed by atoms with Crippen LogP contribution in [0.2, 0.25) is 0 Å². The van der Waals surface area contributed by atoms with Gasteiger partial charge in [-0.3, -0.25) is 0 Å². The van der Waals surface area contributed by atoms with Gasteiger partial charge in [-0.05, 0) is 28.8 Å². The van der Waals surface area contributed by atoms with E-state index in [9.17, 15) is 0 Å². The Bertz CT molecular complexity index is 3260. The van der Waals surface area contributed by atoms with Gasteiger partial charge in [0, 0.05) is 54.7 Å². The van der Waals surface area contributed by atoms with Crippen molar-refractivity contribution in [1.82, 2.24) is 15.0 Å². The van der Waals surface area contributed by atoms with Gasteiger partial charge in [0.2, 0.25) is 0 Å². The number of furan rings is 1. The smallest absolute Gasteiger partial charge is 0.160 e. The van der Waals surface area contributed by atoms with Crippen molar-refractivity contribution < 1.29 is 4.42 Å². The average Bonchev–Trinajstić information content (AvgIpc) is 3.68. The Hall–Kier alpha value is -7.69. The van der Waals surface area contributed by atoms with E-state index in [0.717, 1.165) is 94.3 Å². The molecule has 0 unspecified atom stereocenters. The Balaban J connectivity index is 1.12. The van der Waals surface area contributed by atoms with E-state index in [1.165, 1.54) is 10.9 Å². The molecule has 0 bridgehead atoms. The van der Waals surface area contributed by atoms with E-state index in [-0.39, 0.29) is 0 Å². The molecule has 0 aliphatic carbocycles. The first-order valence-electron chi connectivity index (χ1n) is 19.2. The van der Waals surface area contributed by atoms with Crippen LogP contribution < -0.4 is 0 Å². The number of fused-ring (bicyclic) bond motifs is 6. The lowest BCUT2D eigenvalue weighted by Crippen LogP contribution is -1.98. The summed E-state index contributed by atoms with van der Waals surface area (Å²) in [7, 11) is 0. The van der Waals surface area contributed by atoms with Crippen LogP contribution in [0.25, 0.3) is 111 Å². The van der Waals surface area contributed by atoms with Crippen LogP contribution in [-0.2, 0) is 0 Å². The molecule has 0 saturated heterocycles. The molecule has 0 atom stereocenters. The number of hydrogen-bond acceptors (Lipinski definition) is 4. The van der Waals surface area contributed by atoms with Gasteiger partial charge in [0.05, 0.1) is 22.6 Å². The third-order valence-corrected chi connectivity index (χ3v) is 10.9. The molecule has 57 heavy (non-hydrogen) atoms. The van der Waals surface area contributed by atoms with Gasteiger partial charge in [0.25, 0.3) is 0 Å². The maximum absolute atomic E-state index is 6.39. The highest BCUT2D eigenvalue weighted by Gasteiger charge is 2.19. The van der Waals surface area contributed by atoms with Crippen molar-refractivity contribution in [3.05, 3.63) is 200 Å². The van der Waals surface area contributed by atoms with E-state index in [1.807, 2.05) is 36.4 Å². The molecule has 0 N–H and O–H groups in total. The van der Waals surface area contributed by atoms with Crippen LogP contribution in [0.4, 0.5) is 0 Å². The van der Waals surface area contributed by atoms with Crippen molar-refractivity contribution in [1.29, 1.82) is 0 Å². The van der Waals surface area contributed by atoms with Crippen molar-refractivity contribution in [2.24, 2.45) is 0 Å². The third-order valence-electron chi connectivity index (χ3n) is 10.9. The van der Waals surface area contributed by atoms with Crippen LogP contribution in [0.5, 0.6) is 0 Å². The van der Waals surface area contributed by atoms with E-state index >= 15 is 0 Å². The summed E-state index contributed by atoms with van der Waals surface area (Å²) in [6.07, 6.45) is 0. The zero-order valence-electron chi connectivity index (χ0n) is 30.8. The zero-order chi connectivity index (χ0) is 37.7. The second kappa shape index (κ2) is 13.6. The van der Waals surface area contributed by atoms with Crippen LogP contribution >= 0.6 is 0 Å². The third kappa shape index (κ3) is 5.66. The summed E-state index contributed by atoms with van der Waals surface area (Å²) in [6, 6.07) is 69.6. The first-order chi connectivity index (χ1) is 28.3. The molecular formula is C53H33N3O. The molecule has 0 radical (unpaired) electrons. The largest absolute Gasteiger partial charge is 0.455 e. The van der Waals surface area contributed by atoms with Crippen molar-refractivity contribution in [3.8, 4) is 67.4 Å². The van der Waals surface area contributed by atoms with Crippen molar-refractivity contribution >= 4 is 43.6 Å². The first kappa shape index (κ1) is 32.7. The second-order valence-electron chi connectivity index (χ2n) is 14.3. The number of hydrogen-bond donors (Lipinski definition) is 0. The van der Waals surface area contributed by atoms with Gasteiger partial charge in [-0.15, -0.1) is 0 Å². The molecule has 3 heterocycles. The van der Waals surface area contributed by atoms with E-state index < -0.39 is 0 Å². The number of rotatable bonds is 6. The monoisotopic (exact) mass is 727 g/mol. The Morgan fingerprint density at radius 3 is 1.63 bits per heavy atom. The Morgan fingerprint density at radius 1 is 0.333 bits per heavy atom. The lowest BCUT2D eigenvalue weighted by Gasteiger charge is -2.16. The molecule has 0 fully saturated rings. The van der Waals surface area contributed by atoms with Crippen LogP contribution in [-0.4, -0.2) is 15.0 Å². The van der Waals surface area contributed by atoms with Gasteiger partial charge in [-0.25, -0.2) is 15.0 Å². The molecule has 11 aromatic rings. The van der Waals surface area contributed by atoms with Gasteiger partial charge in [0.15, 0.2) is 5.82 Å². The fourth-order valence-electron chi connectivity index (χ4n) is 8.20. The SMILES string of the molecule is c1ccc(-c2nc(-c3ccc(-c4cccc5c4oc4ccccc45)cc3)cc(-c3cccc4c3nc(-c3ccccc3)c3cccc(-c5ccccc5)c34)n2)cc1. The second-order valence-corrected chi connectivity index (χ2v) is 14.3. The van der Waals surface area contributed by atoms with E-state index in [2.05, 4.69) is 164 Å². The molecule has 11 rings (SSSR count). The molecular weight excluding hydrogens is 695 g/mol. The minimum Gasteiger partial charge on any atom is -0.455 e. The fraction of sp³-hybridized carbons (Fsp3) is 0. The zero-order valence-corrected chi connectivity index (χ0v) is 30.8. The molecule has 0 spiro atoms. The summed E-state index contributed by atoms with van der Waals surface area (Å²) in [5.41, 5.74) is 13.7. The molecule has 3 aromatic heterocycles.